The number of aliphatic hydroxyl groups is 1. The minimum absolute atomic E-state index is 0.285. The highest BCUT2D eigenvalue weighted by Crippen LogP contribution is 2.18. The van der Waals surface area contributed by atoms with Gasteiger partial charge in [-0.2, -0.15) is 0 Å². The zero-order valence-corrected chi connectivity index (χ0v) is 6.64. The third-order valence-corrected chi connectivity index (χ3v) is 2.29. The molecular formula is C8H17NO. The zero-order valence-electron chi connectivity index (χ0n) is 6.64. The minimum Gasteiger partial charge on any atom is -0.395 e. The number of nitrogens with one attached hydrogen (secondary N) is 1. The SMILES string of the molecule is CC[C@@H](CO)NC1CCC1. The Labute approximate surface area is 62.6 Å². The standard InChI is InChI=1S/C8H17NO/c1-2-7(6-10)9-8-4-3-5-8/h7-10H,2-6H2,1H3/t7-/m0/s1. The largest absolute Gasteiger partial charge is 0.395 e. The van der Waals surface area contributed by atoms with E-state index in [1.165, 1.54) is 19.3 Å². The summed E-state index contributed by atoms with van der Waals surface area (Å²) in [7, 11) is 0. The maximum absolute atomic E-state index is 8.83. The Bertz CT molecular complexity index is 87.3. The lowest BCUT2D eigenvalue weighted by Gasteiger charge is -2.30. The molecule has 10 heavy (non-hydrogen) atoms. The predicted octanol–water partition coefficient (Wildman–Crippen LogP) is 0.899. The van der Waals surface area contributed by atoms with Gasteiger partial charge >= 0.3 is 0 Å². The fourth-order valence-electron chi connectivity index (χ4n) is 1.21. The molecule has 1 saturated carbocycles. The van der Waals surface area contributed by atoms with Gasteiger partial charge in [0, 0.05) is 12.1 Å². The highest BCUT2D eigenvalue weighted by Gasteiger charge is 2.19. The molecule has 2 nitrogen and oxygen atoms in total. The van der Waals surface area contributed by atoms with Gasteiger partial charge < -0.3 is 10.4 Å². The summed E-state index contributed by atoms with van der Waals surface area (Å²) in [6, 6.07) is 1.04. The van der Waals surface area contributed by atoms with Crippen molar-refractivity contribution in [3.05, 3.63) is 0 Å². The van der Waals surface area contributed by atoms with E-state index >= 15 is 0 Å². The van der Waals surface area contributed by atoms with Crippen molar-refractivity contribution in [2.24, 2.45) is 0 Å². The molecule has 0 bridgehead atoms. The molecule has 1 atom stereocenters. The van der Waals surface area contributed by atoms with Gasteiger partial charge in [0.2, 0.25) is 0 Å². The first-order valence-corrected chi connectivity index (χ1v) is 4.23. The number of hydrogen-bond acceptors (Lipinski definition) is 2. The van der Waals surface area contributed by atoms with Crippen molar-refractivity contribution in [3.63, 3.8) is 0 Å². The van der Waals surface area contributed by atoms with Gasteiger partial charge in [-0.25, -0.2) is 0 Å². The summed E-state index contributed by atoms with van der Waals surface area (Å²) in [5.41, 5.74) is 0. The molecule has 0 unspecified atom stereocenters. The fourth-order valence-corrected chi connectivity index (χ4v) is 1.21. The molecule has 0 saturated heterocycles. The summed E-state index contributed by atoms with van der Waals surface area (Å²) in [6.07, 6.45) is 5.00. The molecule has 2 N–H and O–H groups in total. The van der Waals surface area contributed by atoms with Crippen molar-refractivity contribution in [1.29, 1.82) is 0 Å². The second kappa shape index (κ2) is 3.94. The predicted molar refractivity (Wildman–Crippen MR) is 41.9 cm³/mol. The van der Waals surface area contributed by atoms with Crippen LogP contribution < -0.4 is 5.32 Å². The third kappa shape index (κ3) is 1.96. The average Bonchev–Trinajstić information content (AvgIpc) is 1.87. The summed E-state index contributed by atoms with van der Waals surface area (Å²) in [4.78, 5) is 0. The third-order valence-electron chi connectivity index (χ3n) is 2.29. The Morgan fingerprint density at radius 2 is 2.30 bits per heavy atom. The summed E-state index contributed by atoms with van der Waals surface area (Å²) in [5, 5.41) is 12.2. The molecule has 1 aliphatic carbocycles. The van der Waals surface area contributed by atoms with E-state index in [-0.39, 0.29) is 6.61 Å². The maximum atomic E-state index is 8.83. The van der Waals surface area contributed by atoms with Crippen LogP contribution in [0, 0.1) is 0 Å². The number of hydrogen-bond donors (Lipinski definition) is 2. The van der Waals surface area contributed by atoms with E-state index in [1.807, 2.05) is 0 Å². The summed E-state index contributed by atoms with van der Waals surface area (Å²) >= 11 is 0. The molecule has 2 heteroatoms. The van der Waals surface area contributed by atoms with E-state index in [1.54, 1.807) is 0 Å². The van der Waals surface area contributed by atoms with Gasteiger partial charge in [-0.1, -0.05) is 13.3 Å². The van der Waals surface area contributed by atoms with Crippen LogP contribution in [0.25, 0.3) is 0 Å². The van der Waals surface area contributed by atoms with E-state index in [9.17, 15) is 0 Å². The summed E-state index contributed by atoms with van der Waals surface area (Å²) in [5.74, 6) is 0. The molecule has 0 aliphatic heterocycles. The van der Waals surface area contributed by atoms with Gasteiger partial charge in [0.05, 0.1) is 6.61 Å². The van der Waals surface area contributed by atoms with Gasteiger partial charge in [0.15, 0.2) is 0 Å². The number of aliphatic hydroxyl groups excluding tert-OH is 1. The van der Waals surface area contributed by atoms with Gasteiger partial charge in [-0.3, -0.25) is 0 Å². The van der Waals surface area contributed by atoms with Crippen molar-refractivity contribution in [2.45, 2.75) is 44.7 Å². The van der Waals surface area contributed by atoms with E-state index in [4.69, 9.17) is 5.11 Å². The first kappa shape index (κ1) is 8.02. The van der Waals surface area contributed by atoms with E-state index in [0.29, 0.717) is 12.1 Å². The first-order chi connectivity index (χ1) is 4.86. The van der Waals surface area contributed by atoms with Crippen molar-refractivity contribution in [2.75, 3.05) is 6.61 Å². The van der Waals surface area contributed by atoms with Crippen LogP contribution in [0.4, 0.5) is 0 Å². The van der Waals surface area contributed by atoms with Crippen molar-refractivity contribution in [3.8, 4) is 0 Å². The normalized spacial score (nSPS) is 22.2. The fraction of sp³-hybridized carbons (Fsp3) is 1.00. The molecule has 0 aromatic heterocycles. The van der Waals surface area contributed by atoms with Gasteiger partial charge in [-0.15, -0.1) is 0 Å². The summed E-state index contributed by atoms with van der Waals surface area (Å²) in [6.45, 7) is 2.39. The Morgan fingerprint density at radius 1 is 1.60 bits per heavy atom. The lowest BCUT2D eigenvalue weighted by atomic mass is 9.92. The van der Waals surface area contributed by atoms with E-state index in [0.717, 1.165) is 6.42 Å². The van der Waals surface area contributed by atoms with Crippen molar-refractivity contribution in [1.82, 2.24) is 5.32 Å². The van der Waals surface area contributed by atoms with Crippen LogP contribution >= 0.6 is 0 Å². The topological polar surface area (TPSA) is 32.3 Å². The lowest BCUT2D eigenvalue weighted by Crippen LogP contribution is -2.43. The molecule has 1 fully saturated rings. The molecule has 0 heterocycles. The number of rotatable bonds is 4. The van der Waals surface area contributed by atoms with Crippen LogP contribution in [-0.2, 0) is 0 Å². The smallest absolute Gasteiger partial charge is 0.0584 e. The average molecular weight is 143 g/mol. The van der Waals surface area contributed by atoms with E-state index < -0.39 is 0 Å². The molecule has 1 aliphatic rings. The van der Waals surface area contributed by atoms with Crippen LogP contribution in [0.2, 0.25) is 0 Å². The first-order valence-electron chi connectivity index (χ1n) is 4.23. The van der Waals surface area contributed by atoms with Crippen molar-refractivity contribution >= 4 is 0 Å². The van der Waals surface area contributed by atoms with Crippen LogP contribution in [-0.4, -0.2) is 23.8 Å². The molecule has 0 amide bonds. The zero-order chi connectivity index (χ0) is 7.40. The minimum atomic E-state index is 0.285. The Morgan fingerprint density at radius 3 is 2.60 bits per heavy atom. The molecule has 1 rings (SSSR count). The van der Waals surface area contributed by atoms with Crippen LogP contribution in [0.15, 0.2) is 0 Å². The van der Waals surface area contributed by atoms with Gasteiger partial charge in [-0.05, 0) is 19.3 Å². The Kier molecular flexibility index (Phi) is 3.16. The highest BCUT2D eigenvalue weighted by atomic mass is 16.3. The van der Waals surface area contributed by atoms with Crippen LogP contribution in [0.1, 0.15) is 32.6 Å². The highest BCUT2D eigenvalue weighted by molar-refractivity contribution is 4.79. The van der Waals surface area contributed by atoms with Gasteiger partial charge in [0.1, 0.15) is 0 Å². The molecule has 0 aromatic carbocycles. The van der Waals surface area contributed by atoms with Gasteiger partial charge in [0.25, 0.3) is 0 Å². The molecule has 60 valence electrons. The second-order valence-corrected chi connectivity index (χ2v) is 3.08. The monoisotopic (exact) mass is 143 g/mol. The molecule has 0 spiro atoms. The van der Waals surface area contributed by atoms with E-state index in [2.05, 4.69) is 12.2 Å². The molecular weight excluding hydrogens is 126 g/mol. The van der Waals surface area contributed by atoms with Crippen LogP contribution in [0.3, 0.4) is 0 Å². The maximum Gasteiger partial charge on any atom is 0.0584 e. The molecule has 0 aromatic rings. The summed E-state index contributed by atoms with van der Waals surface area (Å²) < 4.78 is 0. The molecule has 0 radical (unpaired) electrons. The Hall–Kier alpha value is -0.0800. The van der Waals surface area contributed by atoms with Crippen LogP contribution in [0.5, 0.6) is 0 Å². The lowest BCUT2D eigenvalue weighted by molar-refractivity contribution is 0.204. The van der Waals surface area contributed by atoms with Crippen molar-refractivity contribution < 1.29 is 5.11 Å². The Balaban J connectivity index is 2.08. The second-order valence-electron chi connectivity index (χ2n) is 3.08. The quantitative estimate of drug-likeness (QED) is 0.613.